The lowest BCUT2D eigenvalue weighted by molar-refractivity contribution is -0.142. The third-order valence-electron chi connectivity index (χ3n) is 4.32. The minimum absolute atomic E-state index is 0. The standard InChI is InChI=1S/C19H23N3O3.ClH/c1-24-19(23)14-25-17-6-4-15(5-7-17)13-22-10-9-21-12-18(22)16-3-2-8-20-11-16;/h2-8,11,18,21H,9-10,12-14H2,1H3;1H. The van der Waals surface area contributed by atoms with Gasteiger partial charge in [0.15, 0.2) is 6.61 Å². The number of methoxy groups -OCH3 is 1. The summed E-state index contributed by atoms with van der Waals surface area (Å²) in [6.45, 7) is 3.68. The van der Waals surface area contributed by atoms with Gasteiger partial charge >= 0.3 is 5.97 Å². The largest absolute Gasteiger partial charge is 0.482 e. The van der Waals surface area contributed by atoms with Gasteiger partial charge in [-0.3, -0.25) is 9.88 Å². The summed E-state index contributed by atoms with van der Waals surface area (Å²) in [6, 6.07) is 12.3. The number of nitrogens with one attached hydrogen (secondary N) is 1. The predicted molar refractivity (Wildman–Crippen MR) is 101 cm³/mol. The van der Waals surface area contributed by atoms with Gasteiger partial charge in [-0.2, -0.15) is 0 Å². The number of piperazine rings is 1. The van der Waals surface area contributed by atoms with E-state index in [1.807, 2.05) is 36.5 Å². The summed E-state index contributed by atoms with van der Waals surface area (Å²) in [6.07, 6.45) is 3.74. The monoisotopic (exact) mass is 377 g/mol. The van der Waals surface area contributed by atoms with Crippen molar-refractivity contribution in [2.24, 2.45) is 0 Å². The van der Waals surface area contributed by atoms with Crippen molar-refractivity contribution in [2.75, 3.05) is 33.4 Å². The minimum atomic E-state index is -0.385. The Kier molecular flexibility index (Phi) is 7.84. The number of rotatable bonds is 6. The Morgan fingerprint density at radius 3 is 2.81 bits per heavy atom. The molecule has 0 aliphatic carbocycles. The van der Waals surface area contributed by atoms with Crippen molar-refractivity contribution in [3.05, 3.63) is 59.9 Å². The molecule has 1 N–H and O–H groups in total. The van der Waals surface area contributed by atoms with Gasteiger partial charge in [-0.05, 0) is 29.3 Å². The number of carbonyl (C=O) groups excluding carboxylic acids is 1. The number of benzene rings is 1. The fraction of sp³-hybridized carbons (Fsp3) is 0.368. The molecule has 1 aromatic carbocycles. The van der Waals surface area contributed by atoms with E-state index in [1.165, 1.54) is 18.2 Å². The summed E-state index contributed by atoms with van der Waals surface area (Å²) in [4.78, 5) is 17.8. The van der Waals surface area contributed by atoms with Crippen molar-refractivity contribution < 1.29 is 14.3 Å². The summed E-state index contributed by atoms with van der Waals surface area (Å²) in [5, 5.41) is 3.46. The van der Waals surface area contributed by atoms with E-state index in [0.29, 0.717) is 11.8 Å². The van der Waals surface area contributed by atoms with Crippen molar-refractivity contribution >= 4 is 18.4 Å². The second kappa shape index (κ2) is 10.1. The molecule has 26 heavy (non-hydrogen) atoms. The van der Waals surface area contributed by atoms with Crippen LogP contribution >= 0.6 is 12.4 Å². The number of hydrogen-bond acceptors (Lipinski definition) is 6. The summed E-state index contributed by atoms with van der Waals surface area (Å²) in [7, 11) is 1.35. The first-order valence-electron chi connectivity index (χ1n) is 8.39. The molecule has 1 aliphatic rings. The Bertz CT molecular complexity index is 682. The van der Waals surface area contributed by atoms with Crippen LogP contribution in [0, 0.1) is 0 Å². The highest BCUT2D eigenvalue weighted by Crippen LogP contribution is 2.24. The number of pyridine rings is 1. The third-order valence-corrected chi connectivity index (χ3v) is 4.32. The maximum atomic E-state index is 11.1. The van der Waals surface area contributed by atoms with Crippen LogP contribution < -0.4 is 10.1 Å². The molecular weight excluding hydrogens is 354 g/mol. The van der Waals surface area contributed by atoms with Gasteiger partial charge in [0.2, 0.25) is 0 Å². The molecule has 1 atom stereocenters. The summed E-state index contributed by atoms with van der Waals surface area (Å²) in [5.74, 6) is 0.280. The number of aromatic nitrogens is 1. The van der Waals surface area contributed by atoms with Crippen LogP contribution in [0.15, 0.2) is 48.8 Å². The van der Waals surface area contributed by atoms with Gasteiger partial charge in [0.25, 0.3) is 0 Å². The number of nitrogens with zero attached hydrogens (tertiary/aromatic N) is 2. The molecule has 2 aromatic rings. The average Bonchev–Trinajstić information content (AvgIpc) is 2.68. The van der Waals surface area contributed by atoms with Gasteiger partial charge in [-0.25, -0.2) is 4.79 Å². The first-order valence-corrected chi connectivity index (χ1v) is 8.39. The molecule has 140 valence electrons. The van der Waals surface area contributed by atoms with Crippen LogP contribution in [0.4, 0.5) is 0 Å². The van der Waals surface area contributed by atoms with Crippen LogP contribution in [0.25, 0.3) is 0 Å². The van der Waals surface area contributed by atoms with Gasteiger partial charge in [0.1, 0.15) is 5.75 Å². The van der Waals surface area contributed by atoms with Crippen LogP contribution in [-0.4, -0.2) is 49.2 Å². The zero-order chi connectivity index (χ0) is 17.5. The molecule has 6 nitrogen and oxygen atoms in total. The van der Waals surface area contributed by atoms with E-state index >= 15 is 0 Å². The Hall–Kier alpha value is -2.15. The minimum Gasteiger partial charge on any atom is -0.482 e. The lowest BCUT2D eigenvalue weighted by atomic mass is 10.0. The zero-order valence-corrected chi connectivity index (χ0v) is 15.6. The molecule has 2 heterocycles. The maximum Gasteiger partial charge on any atom is 0.343 e. The van der Waals surface area contributed by atoms with E-state index in [-0.39, 0.29) is 25.0 Å². The summed E-state index contributed by atoms with van der Waals surface area (Å²) in [5.41, 5.74) is 2.44. The molecule has 0 saturated carbocycles. The first-order chi connectivity index (χ1) is 12.3. The number of carbonyl (C=O) groups is 1. The van der Waals surface area contributed by atoms with Gasteiger partial charge in [-0.1, -0.05) is 18.2 Å². The zero-order valence-electron chi connectivity index (χ0n) is 14.8. The van der Waals surface area contributed by atoms with Gasteiger partial charge in [-0.15, -0.1) is 12.4 Å². The molecular formula is C19H24ClN3O3. The van der Waals surface area contributed by atoms with Gasteiger partial charge < -0.3 is 14.8 Å². The van der Waals surface area contributed by atoms with Crippen LogP contribution in [0.2, 0.25) is 0 Å². The fourth-order valence-electron chi connectivity index (χ4n) is 2.96. The van der Waals surface area contributed by atoms with Gasteiger partial charge in [0.05, 0.1) is 7.11 Å². The van der Waals surface area contributed by atoms with E-state index in [0.717, 1.165) is 26.2 Å². The molecule has 1 unspecified atom stereocenters. The smallest absolute Gasteiger partial charge is 0.343 e. The number of hydrogen-bond donors (Lipinski definition) is 1. The SMILES string of the molecule is COC(=O)COc1ccc(CN2CCNCC2c2cccnc2)cc1.Cl. The highest BCUT2D eigenvalue weighted by molar-refractivity contribution is 5.85. The van der Waals surface area contributed by atoms with Crippen molar-refractivity contribution in [1.82, 2.24) is 15.2 Å². The number of esters is 1. The Labute approximate surface area is 159 Å². The number of halogens is 1. The van der Waals surface area contributed by atoms with E-state index in [9.17, 15) is 4.79 Å². The molecule has 1 saturated heterocycles. The van der Waals surface area contributed by atoms with Crippen molar-refractivity contribution in [3.8, 4) is 5.75 Å². The number of ether oxygens (including phenoxy) is 2. The van der Waals surface area contributed by atoms with E-state index in [1.54, 1.807) is 6.20 Å². The van der Waals surface area contributed by atoms with Crippen molar-refractivity contribution in [1.29, 1.82) is 0 Å². The molecule has 1 aliphatic heterocycles. The van der Waals surface area contributed by atoms with Crippen LogP contribution in [0.5, 0.6) is 5.75 Å². The maximum absolute atomic E-state index is 11.1. The Morgan fingerprint density at radius 2 is 2.12 bits per heavy atom. The van der Waals surface area contributed by atoms with E-state index < -0.39 is 0 Å². The molecule has 3 rings (SSSR count). The second-order valence-electron chi connectivity index (χ2n) is 5.99. The molecule has 0 radical (unpaired) electrons. The molecule has 1 aromatic heterocycles. The van der Waals surface area contributed by atoms with Crippen LogP contribution in [-0.2, 0) is 16.1 Å². The summed E-state index contributed by atoms with van der Waals surface area (Å²) < 4.78 is 9.96. The highest BCUT2D eigenvalue weighted by Gasteiger charge is 2.23. The normalized spacial score (nSPS) is 17.2. The third kappa shape index (κ3) is 5.42. The van der Waals surface area contributed by atoms with E-state index in [2.05, 4.69) is 26.0 Å². The highest BCUT2D eigenvalue weighted by atomic mass is 35.5. The van der Waals surface area contributed by atoms with Crippen molar-refractivity contribution in [2.45, 2.75) is 12.6 Å². The molecule has 7 heteroatoms. The van der Waals surface area contributed by atoms with Crippen molar-refractivity contribution in [3.63, 3.8) is 0 Å². The average molecular weight is 378 g/mol. The van der Waals surface area contributed by atoms with Gasteiger partial charge in [0, 0.05) is 44.6 Å². The molecule has 1 fully saturated rings. The Morgan fingerprint density at radius 1 is 1.31 bits per heavy atom. The quantitative estimate of drug-likeness (QED) is 0.779. The fourth-order valence-corrected chi connectivity index (χ4v) is 2.96. The predicted octanol–water partition coefficient (Wildman–Crippen LogP) is 2.20. The lowest BCUT2D eigenvalue weighted by Gasteiger charge is -2.36. The molecule has 0 spiro atoms. The topological polar surface area (TPSA) is 63.7 Å². The first kappa shape index (κ1) is 20.2. The summed E-state index contributed by atoms with van der Waals surface area (Å²) >= 11 is 0. The Balaban J connectivity index is 0.00000243. The van der Waals surface area contributed by atoms with Crippen LogP contribution in [0.1, 0.15) is 17.2 Å². The molecule has 0 amide bonds. The molecule has 0 bridgehead atoms. The second-order valence-corrected chi connectivity index (χ2v) is 5.99. The lowest BCUT2D eigenvalue weighted by Crippen LogP contribution is -2.45. The van der Waals surface area contributed by atoms with E-state index in [4.69, 9.17) is 4.74 Å². The van der Waals surface area contributed by atoms with Crippen LogP contribution in [0.3, 0.4) is 0 Å².